The molecule has 0 aliphatic heterocycles. The first-order valence-electron chi connectivity index (χ1n) is 5.29. The van der Waals surface area contributed by atoms with Crippen molar-refractivity contribution < 1.29 is 14.5 Å². The average molecular weight is 253 g/mol. The van der Waals surface area contributed by atoms with E-state index in [9.17, 15) is 14.9 Å². The Kier molecular flexibility index (Phi) is 4.19. The minimum Gasteiger partial charge on any atom is -0.469 e. The van der Waals surface area contributed by atoms with Crippen LogP contribution >= 0.6 is 0 Å². The molecule has 0 bridgehead atoms. The third-order valence-corrected chi connectivity index (χ3v) is 2.46. The summed E-state index contributed by atoms with van der Waals surface area (Å²) in [5.74, 6) is -0.383. The molecule has 0 atom stereocenters. The van der Waals surface area contributed by atoms with Crippen LogP contribution in [-0.2, 0) is 9.53 Å². The second-order valence-electron chi connectivity index (χ2n) is 4.38. The maximum absolute atomic E-state index is 11.5. The molecule has 0 aliphatic carbocycles. The third-order valence-electron chi connectivity index (χ3n) is 2.46. The van der Waals surface area contributed by atoms with Crippen LogP contribution in [0.15, 0.2) is 18.5 Å². The van der Waals surface area contributed by atoms with E-state index in [2.05, 4.69) is 15.0 Å². The zero-order chi connectivity index (χ0) is 13.8. The number of carbonyl (C=O) groups excluding carboxylic acids is 1. The van der Waals surface area contributed by atoms with Crippen LogP contribution in [0.2, 0.25) is 0 Å². The van der Waals surface area contributed by atoms with E-state index >= 15 is 0 Å². The number of nitrogens with zero attached hydrogens (tertiary/aromatic N) is 2. The number of hydrogen-bond acceptors (Lipinski definition) is 6. The zero-order valence-corrected chi connectivity index (χ0v) is 10.5. The van der Waals surface area contributed by atoms with Crippen LogP contribution in [0.4, 0.5) is 11.4 Å². The minimum absolute atomic E-state index is 0.127. The van der Waals surface area contributed by atoms with Crippen molar-refractivity contribution in [3.63, 3.8) is 0 Å². The Morgan fingerprint density at radius 3 is 2.83 bits per heavy atom. The Hall–Kier alpha value is -2.18. The highest BCUT2D eigenvalue weighted by Crippen LogP contribution is 2.24. The molecule has 0 spiro atoms. The van der Waals surface area contributed by atoms with Crippen LogP contribution in [0.3, 0.4) is 0 Å². The van der Waals surface area contributed by atoms with Gasteiger partial charge in [0, 0.05) is 12.7 Å². The van der Waals surface area contributed by atoms with E-state index in [1.807, 2.05) is 0 Å². The van der Waals surface area contributed by atoms with Crippen molar-refractivity contribution in [1.29, 1.82) is 0 Å². The van der Waals surface area contributed by atoms with Crippen LogP contribution in [0, 0.1) is 15.5 Å². The number of carbonyl (C=O) groups is 1. The fourth-order valence-electron chi connectivity index (χ4n) is 1.35. The Bertz CT molecular complexity index is 459. The zero-order valence-electron chi connectivity index (χ0n) is 10.5. The van der Waals surface area contributed by atoms with Crippen molar-refractivity contribution in [2.75, 3.05) is 19.0 Å². The van der Waals surface area contributed by atoms with E-state index in [1.54, 1.807) is 13.8 Å². The second kappa shape index (κ2) is 5.44. The van der Waals surface area contributed by atoms with Gasteiger partial charge in [-0.15, -0.1) is 0 Å². The van der Waals surface area contributed by atoms with E-state index in [-0.39, 0.29) is 18.2 Å². The van der Waals surface area contributed by atoms with Crippen LogP contribution < -0.4 is 5.32 Å². The molecule has 0 unspecified atom stereocenters. The number of methoxy groups -OCH3 is 1. The van der Waals surface area contributed by atoms with Crippen molar-refractivity contribution >= 4 is 17.3 Å². The summed E-state index contributed by atoms with van der Waals surface area (Å²) in [5, 5.41) is 13.6. The summed E-state index contributed by atoms with van der Waals surface area (Å²) in [5.41, 5.74) is -0.573. The Morgan fingerprint density at radius 1 is 1.61 bits per heavy atom. The summed E-state index contributed by atoms with van der Waals surface area (Å²) < 4.78 is 4.66. The highest BCUT2D eigenvalue weighted by atomic mass is 16.6. The minimum atomic E-state index is -0.772. The number of esters is 1. The van der Waals surface area contributed by atoms with Crippen LogP contribution in [0.1, 0.15) is 13.8 Å². The Morgan fingerprint density at radius 2 is 2.28 bits per heavy atom. The molecule has 7 heteroatoms. The van der Waals surface area contributed by atoms with Crippen molar-refractivity contribution in [2.24, 2.45) is 5.41 Å². The van der Waals surface area contributed by atoms with Crippen molar-refractivity contribution in [3.8, 4) is 0 Å². The van der Waals surface area contributed by atoms with Gasteiger partial charge in [0.2, 0.25) is 0 Å². The summed E-state index contributed by atoms with van der Waals surface area (Å²) in [4.78, 5) is 25.4. The molecule has 1 aromatic heterocycles. The number of aromatic nitrogens is 1. The number of nitrogens with one attached hydrogen (secondary N) is 1. The first-order chi connectivity index (χ1) is 8.38. The molecule has 0 aliphatic rings. The van der Waals surface area contributed by atoms with Crippen LogP contribution in [0.5, 0.6) is 0 Å². The van der Waals surface area contributed by atoms with Gasteiger partial charge in [-0.25, -0.2) is 0 Å². The molecule has 7 nitrogen and oxygen atoms in total. The number of pyridine rings is 1. The maximum atomic E-state index is 11.5. The summed E-state index contributed by atoms with van der Waals surface area (Å²) >= 11 is 0. The number of nitro groups is 1. The highest BCUT2D eigenvalue weighted by molar-refractivity contribution is 5.76. The first kappa shape index (κ1) is 13.9. The number of rotatable bonds is 5. The molecule has 0 radical (unpaired) electrons. The van der Waals surface area contributed by atoms with Gasteiger partial charge in [-0.2, -0.15) is 0 Å². The number of hydrogen-bond donors (Lipinski definition) is 1. The predicted molar refractivity (Wildman–Crippen MR) is 65.2 cm³/mol. The van der Waals surface area contributed by atoms with Gasteiger partial charge in [-0.3, -0.25) is 19.9 Å². The molecule has 0 saturated heterocycles. The molecule has 98 valence electrons. The van der Waals surface area contributed by atoms with Crippen LogP contribution in [0.25, 0.3) is 0 Å². The maximum Gasteiger partial charge on any atom is 0.313 e. The molecule has 0 amide bonds. The van der Waals surface area contributed by atoms with Gasteiger partial charge in [0.1, 0.15) is 11.9 Å². The summed E-state index contributed by atoms with van der Waals surface area (Å²) in [6.45, 7) is 3.61. The fraction of sp³-hybridized carbons (Fsp3) is 0.455. The fourth-order valence-corrected chi connectivity index (χ4v) is 1.35. The number of anilines is 1. The average Bonchev–Trinajstić information content (AvgIpc) is 2.35. The standard InChI is InChI=1S/C11H15N3O4/c1-11(2,10(15)18-3)7-13-8-4-5-12-6-9(8)14(16)17/h4-6H,7H2,1-3H3,(H,12,13). The van der Waals surface area contributed by atoms with Crippen LogP contribution in [-0.4, -0.2) is 29.5 Å². The van der Waals surface area contributed by atoms with Gasteiger partial charge in [-0.05, 0) is 19.9 Å². The van der Waals surface area contributed by atoms with Gasteiger partial charge in [0.25, 0.3) is 0 Å². The Labute approximate surface area is 104 Å². The van der Waals surface area contributed by atoms with Gasteiger partial charge < -0.3 is 10.1 Å². The molecule has 1 heterocycles. The van der Waals surface area contributed by atoms with Gasteiger partial charge in [-0.1, -0.05) is 0 Å². The van der Waals surface area contributed by atoms with E-state index in [0.717, 1.165) is 6.20 Å². The smallest absolute Gasteiger partial charge is 0.313 e. The SMILES string of the molecule is COC(=O)C(C)(C)CNc1ccncc1[N+](=O)[O-]. The predicted octanol–water partition coefficient (Wildman–Crippen LogP) is 1.60. The number of ether oxygens (including phenoxy) is 1. The lowest BCUT2D eigenvalue weighted by atomic mass is 9.93. The quantitative estimate of drug-likeness (QED) is 0.486. The van der Waals surface area contributed by atoms with Crippen molar-refractivity contribution in [1.82, 2.24) is 4.98 Å². The molecular weight excluding hydrogens is 238 g/mol. The molecule has 1 rings (SSSR count). The van der Waals surface area contributed by atoms with E-state index in [4.69, 9.17) is 0 Å². The molecule has 1 aromatic rings. The van der Waals surface area contributed by atoms with E-state index < -0.39 is 10.3 Å². The molecule has 0 fully saturated rings. The molecular formula is C11H15N3O4. The monoisotopic (exact) mass is 253 g/mol. The molecule has 0 saturated carbocycles. The summed E-state index contributed by atoms with van der Waals surface area (Å²) in [6.07, 6.45) is 2.61. The summed E-state index contributed by atoms with van der Waals surface area (Å²) in [6, 6.07) is 1.49. The lowest BCUT2D eigenvalue weighted by Crippen LogP contribution is -2.33. The van der Waals surface area contributed by atoms with E-state index in [0.29, 0.717) is 5.69 Å². The summed E-state index contributed by atoms with van der Waals surface area (Å²) in [7, 11) is 1.30. The van der Waals surface area contributed by atoms with Gasteiger partial charge >= 0.3 is 11.7 Å². The second-order valence-corrected chi connectivity index (χ2v) is 4.38. The first-order valence-corrected chi connectivity index (χ1v) is 5.29. The molecule has 1 N–H and O–H groups in total. The lowest BCUT2D eigenvalue weighted by molar-refractivity contribution is -0.384. The normalized spacial score (nSPS) is 10.8. The van der Waals surface area contributed by atoms with Crippen molar-refractivity contribution in [2.45, 2.75) is 13.8 Å². The lowest BCUT2D eigenvalue weighted by Gasteiger charge is -2.22. The molecule has 0 aromatic carbocycles. The highest BCUT2D eigenvalue weighted by Gasteiger charge is 2.29. The third kappa shape index (κ3) is 3.16. The topological polar surface area (TPSA) is 94.4 Å². The van der Waals surface area contributed by atoms with Gasteiger partial charge in [0.05, 0.1) is 17.4 Å². The molecule has 18 heavy (non-hydrogen) atoms. The Balaban J connectivity index is 2.81. The van der Waals surface area contributed by atoms with Crippen molar-refractivity contribution in [3.05, 3.63) is 28.6 Å². The largest absolute Gasteiger partial charge is 0.469 e. The van der Waals surface area contributed by atoms with E-state index in [1.165, 1.54) is 19.4 Å². The van der Waals surface area contributed by atoms with Gasteiger partial charge in [0.15, 0.2) is 0 Å².